The molecule has 1 atom stereocenters. The molecule has 0 radical (unpaired) electrons. The summed E-state index contributed by atoms with van der Waals surface area (Å²) in [4.78, 5) is 33.6. The highest BCUT2D eigenvalue weighted by atomic mass is 32.2. The highest BCUT2D eigenvalue weighted by molar-refractivity contribution is 8.00. The molecular weight excluding hydrogens is 442 g/mol. The molecule has 32 heavy (non-hydrogen) atoms. The van der Waals surface area contributed by atoms with E-state index in [1.807, 2.05) is 19.1 Å². The maximum atomic E-state index is 13.7. The molecule has 2 aliphatic carbocycles. The predicted molar refractivity (Wildman–Crippen MR) is 129 cm³/mol. The maximum Gasteiger partial charge on any atom is 0.263 e. The van der Waals surface area contributed by atoms with Crippen molar-refractivity contribution in [1.29, 1.82) is 0 Å². The molecule has 6 nitrogen and oxygen atoms in total. The zero-order valence-electron chi connectivity index (χ0n) is 18.4. The van der Waals surface area contributed by atoms with E-state index in [0.717, 1.165) is 42.3 Å². The summed E-state index contributed by atoms with van der Waals surface area (Å²) in [5.74, 6) is 0.727. The molecule has 3 aromatic heterocycles. The smallest absolute Gasteiger partial charge is 0.263 e. The third-order valence-corrected chi connectivity index (χ3v) is 8.81. The van der Waals surface area contributed by atoms with E-state index in [2.05, 4.69) is 5.32 Å². The molecule has 1 unspecified atom stereocenters. The number of hydrogen-bond acceptors (Lipinski definition) is 6. The SMILES string of the molecule is CC(Sc1nc2sc3c(c2c(=O)n1Cc1ccco1)CCCC3)C(=O)NC1CCCCC1. The molecule has 8 heteroatoms. The van der Waals surface area contributed by atoms with Gasteiger partial charge in [0.15, 0.2) is 5.16 Å². The number of carbonyl (C=O) groups is 1. The van der Waals surface area contributed by atoms with Gasteiger partial charge in [0.1, 0.15) is 10.6 Å². The van der Waals surface area contributed by atoms with Crippen LogP contribution in [0, 0.1) is 0 Å². The normalized spacial score (nSPS) is 17.9. The Morgan fingerprint density at radius 3 is 2.88 bits per heavy atom. The van der Waals surface area contributed by atoms with E-state index in [1.54, 1.807) is 22.2 Å². The molecule has 1 saturated carbocycles. The van der Waals surface area contributed by atoms with E-state index in [0.29, 0.717) is 17.5 Å². The molecule has 0 aliphatic heterocycles. The minimum atomic E-state index is -0.335. The molecule has 0 saturated heterocycles. The number of hydrogen-bond donors (Lipinski definition) is 1. The van der Waals surface area contributed by atoms with Gasteiger partial charge in [0, 0.05) is 10.9 Å². The van der Waals surface area contributed by atoms with Crippen LogP contribution in [0.1, 0.15) is 68.1 Å². The van der Waals surface area contributed by atoms with Gasteiger partial charge < -0.3 is 9.73 Å². The predicted octanol–water partition coefficient (Wildman–Crippen LogP) is 4.91. The lowest BCUT2D eigenvalue weighted by Gasteiger charge is -2.24. The molecule has 1 fully saturated rings. The van der Waals surface area contributed by atoms with Crippen LogP contribution < -0.4 is 10.9 Å². The van der Waals surface area contributed by atoms with Crippen molar-refractivity contribution < 1.29 is 9.21 Å². The number of amides is 1. The van der Waals surface area contributed by atoms with E-state index >= 15 is 0 Å². The fourth-order valence-corrected chi connectivity index (χ4v) is 7.00. The summed E-state index contributed by atoms with van der Waals surface area (Å²) in [7, 11) is 0. The van der Waals surface area contributed by atoms with Crippen LogP contribution in [-0.4, -0.2) is 26.8 Å². The Labute approximate surface area is 195 Å². The fourth-order valence-electron chi connectivity index (χ4n) is 4.78. The van der Waals surface area contributed by atoms with Gasteiger partial charge in [-0.3, -0.25) is 14.2 Å². The minimum absolute atomic E-state index is 0.0197. The average Bonchev–Trinajstić information content (AvgIpc) is 3.44. The summed E-state index contributed by atoms with van der Waals surface area (Å²) in [6.45, 7) is 2.22. The number of rotatable bonds is 6. The van der Waals surface area contributed by atoms with E-state index in [4.69, 9.17) is 9.40 Å². The van der Waals surface area contributed by atoms with E-state index in [9.17, 15) is 9.59 Å². The standard InChI is InChI=1S/C24H29N3O3S2/c1-15(21(28)25-16-8-3-2-4-9-16)31-24-26-22-20(18-11-5-6-12-19(18)32-22)23(29)27(24)14-17-10-7-13-30-17/h7,10,13,15-16H,2-6,8-9,11-12,14H2,1H3,(H,25,28). The first-order valence-corrected chi connectivity index (χ1v) is 13.3. The van der Waals surface area contributed by atoms with Crippen molar-refractivity contribution in [3.63, 3.8) is 0 Å². The quantitative estimate of drug-likeness (QED) is 0.408. The molecular formula is C24H29N3O3S2. The van der Waals surface area contributed by atoms with E-state index in [-0.39, 0.29) is 22.8 Å². The van der Waals surface area contributed by atoms with Crippen molar-refractivity contribution in [2.75, 3.05) is 0 Å². The van der Waals surface area contributed by atoms with Crippen LogP contribution in [0.4, 0.5) is 0 Å². The molecule has 3 aromatic rings. The lowest BCUT2D eigenvalue weighted by Crippen LogP contribution is -2.40. The summed E-state index contributed by atoms with van der Waals surface area (Å²) in [6.07, 6.45) is 11.6. The van der Waals surface area contributed by atoms with Gasteiger partial charge >= 0.3 is 0 Å². The van der Waals surface area contributed by atoms with Crippen LogP contribution in [-0.2, 0) is 24.2 Å². The highest BCUT2D eigenvalue weighted by Crippen LogP contribution is 2.35. The molecule has 0 spiro atoms. The lowest BCUT2D eigenvalue weighted by atomic mass is 9.95. The molecule has 2 aliphatic rings. The Balaban J connectivity index is 1.47. The second kappa shape index (κ2) is 9.43. The molecule has 170 valence electrons. The van der Waals surface area contributed by atoms with Crippen LogP contribution in [0.5, 0.6) is 0 Å². The molecule has 3 heterocycles. The Hall–Kier alpha value is -2.06. The number of furan rings is 1. The summed E-state index contributed by atoms with van der Waals surface area (Å²) < 4.78 is 7.23. The first-order valence-electron chi connectivity index (χ1n) is 11.6. The first-order chi connectivity index (χ1) is 15.6. The molecule has 1 N–H and O–H groups in total. The highest BCUT2D eigenvalue weighted by Gasteiger charge is 2.26. The number of nitrogens with zero attached hydrogens (tertiary/aromatic N) is 2. The van der Waals surface area contributed by atoms with Gasteiger partial charge in [-0.25, -0.2) is 4.98 Å². The third kappa shape index (κ3) is 4.39. The number of aromatic nitrogens is 2. The molecule has 1 amide bonds. The Bertz CT molecular complexity index is 1160. The number of aryl methyl sites for hydroxylation is 2. The van der Waals surface area contributed by atoms with Gasteiger partial charge in [0.25, 0.3) is 5.56 Å². The number of carbonyl (C=O) groups excluding carboxylic acids is 1. The number of thioether (sulfide) groups is 1. The maximum absolute atomic E-state index is 13.7. The number of nitrogens with one attached hydrogen (secondary N) is 1. The van der Waals surface area contributed by atoms with Gasteiger partial charge in [-0.2, -0.15) is 0 Å². The summed E-state index contributed by atoms with van der Waals surface area (Å²) in [5.41, 5.74) is 1.16. The van der Waals surface area contributed by atoms with Crippen molar-refractivity contribution in [1.82, 2.24) is 14.9 Å². The lowest BCUT2D eigenvalue weighted by molar-refractivity contribution is -0.121. The van der Waals surface area contributed by atoms with Crippen molar-refractivity contribution in [2.45, 2.75) is 87.7 Å². The van der Waals surface area contributed by atoms with Gasteiger partial charge in [0.05, 0.1) is 23.4 Å². The number of fused-ring (bicyclic) bond motifs is 3. The second-order valence-electron chi connectivity index (χ2n) is 8.86. The Kier molecular flexibility index (Phi) is 6.42. The Morgan fingerprint density at radius 2 is 2.09 bits per heavy atom. The van der Waals surface area contributed by atoms with Crippen LogP contribution in [0.3, 0.4) is 0 Å². The van der Waals surface area contributed by atoms with Gasteiger partial charge in [0.2, 0.25) is 5.91 Å². The second-order valence-corrected chi connectivity index (χ2v) is 11.3. The van der Waals surface area contributed by atoms with Crippen molar-refractivity contribution in [2.24, 2.45) is 0 Å². The molecule has 0 aromatic carbocycles. The van der Waals surface area contributed by atoms with E-state index < -0.39 is 0 Å². The van der Waals surface area contributed by atoms with Gasteiger partial charge in [-0.15, -0.1) is 11.3 Å². The summed E-state index contributed by atoms with van der Waals surface area (Å²) in [5, 5.41) is 4.22. The molecule has 0 bridgehead atoms. The number of thiophene rings is 1. The largest absolute Gasteiger partial charge is 0.467 e. The van der Waals surface area contributed by atoms with Crippen LogP contribution in [0.15, 0.2) is 32.8 Å². The van der Waals surface area contributed by atoms with Crippen molar-refractivity contribution in [3.05, 3.63) is 45.0 Å². The zero-order valence-corrected chi connectivity index (χ0v) is 20.0. The Morgan fingerprint density at radius 1 is 1.28 bits per heavy atom. The van der Waals surface area contributed by atoms with Crippen LogP contribution >= 0.6 is 23.1 Å². The topological polar surface area (TPSA) is 77.1 Å². The van der Waals surface area contributed by atoms with Crippen LogP contribution in [0.25, 0.3) is 10.2 Å². The minimum Gasteiger partial charge on any atom is -0.467 e. The monoisotopic (exact) mass is 471 g/mol. The third-order valence-electron chi connectivity index (χ3n) is 6.54. The van der Waals surface area contributed by atoms with Gasteiger partial charge in [-0.05, 0) is 63.1 Å². The van der Waals surface area contributed by atoms with Gasteiger partial charge in [-0.1, -0.05) is 31.0 Å². The first kappa shape index (κ1) is 21.8. The summed E-state index contributed by atoms with van der Waals surface area (Å²) >= 11 is 3.02. The molecule has 5 rings (SSSR count). The van der Waals surface area contributed by atoms with Crippen LogP contribution in [0.2, 0.25) is 0 Å². The van der Waals surface area contributed by atoms with Crippen molar-refractivity contribution in [3.8, 4) is 0 Å². The summed E-state index contributed by atoms with van der Waals surface area (Å²) in [6, 6.07) is 3.96. The fraction of sp³-hybridized carbons (Fsp3) is 0.542. The zero-order chi connectivity index (χ0) is 22.1. The average molecular weight is 472 g/mol. The van der Waals surface area contributed by atoms with Crippen molar-refractivity contribution >= 4 is 39.2 Å². The van der Waals surface area contributed by atoms with E-state index in [1.165, 1.54) is 47.9 Å².